The third-order valence-corrected chi connectivity index (χ3v) is 6.37. The fraction of sp³-hybridized carbons (Fsp3) is 0.450. The monoisotopic (exact) mass is 411 g/mol. The van der Waals surface area contributed by atoms with Gasteiger partial charge in [0, 0.05) is 21.5 Å². The van der Waals surface area contributed by atoms with E-state index in [2.05, 4.69) is 30.6 Å². The zero-order valence-electron chi connectivity index (χ0n) is 15.2. The van der Waals surface area contributed by atoms with Crippen LogP contribution in [0.15, 0.2) is 29.6 Å². The fourth-order valence-corrected chi connectivity index (χ4v) is 4.85. The van der Waals surface area contributed by atoms with Crippen LogP contribution in [-0.4, -0.2) is 30.4 Å². The lowest BCUT2D eigenvalue weighted by atomic mass is 9.93. The zero-order chi connectivity index (χ0) is 18.7. The second-order valence-electron chi connectivity index (χ2n) is 7.17. The molecule has 0 unspecified atom stereocenters. The van der Waals surface area contributed by atoms with E-state index in [1.165, 1.54) is 10.4 Å². The summed E-state index contributed by atoms with van der Waals surface area (Å²) in [7, 11) is 0. The molecule has 3 nitrogen and oxygen atoms in total. The van der Waals surface area contributed by atoms with Crippen molar-refractivity contribution in [3.63, 3.8) is 0 Å². The Morgan fingerprint density at radius 2 is 2.12 bits per heavy atom. The average molecular weight is 412 g/mol. The lowest BCUT2D eigenvalue weighted by Gasteiger charge is -2.36. The van der Waals surface area contributed by atoms with Gasteiger partial charge in [-0.25, -0.2) is 0 Å². The van der Waals surface area contributed by atoms with Crippen molar-refractivity contribution in [1.82, 2.24) is 4.90 Å². The smallest absolute Gasteiger partial charge is 0.278 e. The summed E-state index contributed by atoms with van der Waals surface area (Å²) in [4.78, 5) is 16.3. The zero-order valence-corrected chi connectivity index (χ0v) is 17.5. The molecule has 1 aliphatic heterocycles. The second kappa shape index (κ2) is 8.75. The maximum Gasteiger partial charge on any atom is 0.278 e. The minimum Gasteiger partial charge on any atom is -0.338 e. The van der Waals surface area contributed by atoms with Gasteiger partial charge in [-0.3, -0.25) is 4.79 Å². The summed E-state index contributed by atoms with van der Waals surface area (Å²) in [6.07, 6.45) is 2.03. The van der Waals surface area contributed by atoms with Gasteiger partial charge in [0.1, 0.15) is 0 Å². The quantitative estimate of drug-likeness (QED) is 0.712. The molecule has 0 bridgehead atoms. The normalized spacial score (nSPS) is 16.8. The minimum absolute atomic E-state index is 0.124. The Balaban J connectivity index is 1.83. The number of hydrogen-bond acceptors (Lipinski definition) is 2. The van der Waals surface area contributed by atoms with Crippen LogP contribution in [0.4, 0.5) is 0 Å². The van der Waals surface area contributed by atoms with Gasteiger partial charge in [0.05, 0.1) is 12.6 Å². The van der Waals surface area contributed by atoms with Crippen molar-refractivity contribution >= 4 is 40.4 Å². The summed E-state index contributed by atoms with van der Waals surface area (Å²) < 4.78 is 0. The van der Waals surface area contributed by atoms with E-state index in [0.717, 1.165) is 31.5 Å². The molecular weight excluding hydrogens is 387 g/mol. The first-order chi connectivity index (χ1) is 12.5. The van der Waals surface area contributed by atoms with Gasteiger partial charge in [0.25, 0.3) is 5.91 Å². The van der Waals surface area contributed by atoms with E-state index in [1.807, 2.05) is 17.0 Å². The predicted molar refractivity (Wildman–Crippen MR) is 109 cm³/mol. The van der Waals surface area contributed by atoms with Crippen LogP contribution in [0.1, 0.15) is 42.3 Å². The summed E-state index contributed by atoms with van der Waals surface area (Å²) in [6, 6.07) is 7.56. The predicted octanol–water partition coefficient (Wildman–Crippen LogP) is 4.14. The molecule has 0 aliphatic carbocycles. The van der Waals surface area contributed by atoms with Gasteiger partial charge in [0.15, 0.2) is 6.54 Å². The molecule has 0 spiro atoms. The SMILES string of the molecule is CC(C)CC[NH2+]CC(=O)N1CCc2sccc2[C@@H]1c1ccc(Cl)cc1Cl. The topological polar surface area (TPSA) is 36.9 Å². The first-order valence-corrected chi connectivity index (χ1v) is 10.7. The van der Waals surface area contributed by atoms with Crippen LogP contribution in [0.25, 0.3) is 0 Å². The molecule has 2 N–H and O–H groups in total. The number of halogens is 2. The summed E-state index contributed by atoms with van der Waals surface area (Å²) >= 11 is 14.3. The molecule has 2 aromatic rings. The number of hydrogen-bond donors (Lipinski definition) is 1. The molecule has 140 valence electrons. The maximum atomic E-state index is 13.0. The Morgan fingerprint density at radius 1 is 1.31 bits per heavy atom. The van der Waals surface area contributed by atoms with Crippen LogP contribution >= 0.6 is 34.5 Å². The van der Waals surface area contributed by atoms with Crippen LogP contribution in [0.3, 0.4) is 0 Å². The van der Waals surface area contributed by atoms with Crippen LogP contribution in [0.5, 0.6) is 0 Å². The Labute approximate surface area is 169 Å². The molecule has 1 aromatic heterocycles. The molecule has 26 heavy (non-hydrogen) atoms. The summed E-state index contributed by atoms with van der Waals surface area (Å²) in [5.41, 5.74) is 2.15. The van der Waals surface area contributed by atoms with Gasteiger partial charge in [-0.15, -0.1) is 11.3 Å². The molecule has 2 heterocycles. The fourth-order valence-electron chi connectivity index (χ4n) is 3.44. The van der Waals surface area contributed by atoms with Gasteiger partial charge in [0.2, 0.25) is 0 Å². The lowest BCUT2D eigenvalue weighted by molar-refractivity contribution is -0.645. The Bertz CT molecular complexity index is 775. The van der Waals surface area contributed by atoms with Gasteiger partial charge < -0.3 is 10.2 Å². The van der Waals surface area contributed by atoms with E-state index in [4.69, 9.17) is 23.2 Å². The third-order valence-electron chi connectivity index (χ3n) is 4.81. The Morgan fingerprint density at radius 3 is 2.85 bits per heavy atom. The minimum atomic E-state index is -0.124. The summed E-state index contributed by atoms with van der Waals surface area (Å²) in [6.45, 7) is 6.60. The number of rotatable bonds is 6. The van der Waals surface area contributed by atoms with E-state index in [9.17, 15) is 4.79 Å². The Hall–Kier alpha value is -1.07. The van der Waals surface area contributed by atoms with Crippen LogP contribution in [0.2, 0.25) is 10.0 Å². The summed E-state index contributed by atoms with van der Waals surface area (Å²) in [5.74, 6) is 0.826. The lowest BCUT2D eigenvalue weighted by Crippen LogP contribution is -2.87. The molecule has 3 rings (SSSR count). The third kappa shape index (κ3) is 4.42. The highest BCUT2D eigenvalue weighted by Crippen LogP contribution is 2.40. The van der Waals surface area contributed by atoms with Crippen molar-refractivity contribution < 1.29 is 10.1 Å². The van der Waals surface area contributed by atoms with Crippen LogP contribution < -0.4 is 5.32 Å². The molecule has 6 heteroatoms. The van der Waals surface area contributed by atoms with E-state index in [-0.39, 0.29) is 11.9 Å². The molecule has 0 saturated heterocycles. The highest BCUT2D eigenvalue weighted by atomic mass is 35.5. The van der Waals surface area contributed by atoms with Crippen molar-refractivity contribution in [3.8, 4) is 0 Å². The Kier molecular flexibility index (Phi) is 6.62. The number of benzene rings is 1. The van der Waals surface area contributed by atoms with Crippen LogP contribution in [0, 0.1) is 5.92 Å². The number of nitrogens with two attached hydrogens (primary N) is 1. The van der Waals surface area contributed by atoms with E-state index in [0.29, 0.717) is 22.5 Å². The highest BCUT2D eigenvalue weighted by Gasteiger charge is 2.34. The number of quaternary nitrogens is 1. The molecule has 0 fully saturated rings. The standard InChI is InChI=1S/C20H24Cl2N2OS/c1-13(2)5-8-23-12-19(25)24-9-6-18-16(7-10-26-18)20(24)15-4-3-14(21)11-17(15)22/h3-4,7,10-11,13,20,23H,5-6,8-9,12H2,1-2H3/p+1/t20-/m0/s1. The van der Waals surface area contributed by atoms with Crippen molar-refractivity contribution in [2.24, 2.45) is 5.92 Å². The van der Waals surface area contributed by atoms with Crippen molar-refractivity contribution in [1.29, 1.82) is 0 Å². The van der Waals surface area contributed by atoms with E-state index in [1.54, 1.807) is 17.4 Å². The molecule has 0 saturated carbocycles. The number of carbonyl (C=O) groups excluding carboxylic acids is 1. The number of thiophene rings is 1. The first kappa shape index (κ1) is 19.7. The second-order valence-corrected chi connectivity index (χ2v) is 9.01. The van der Waals surface area contributed by atoms with Crippen molar-refractivity contribution in [2.45, 2.75) is 32.7 Å². The largest absolute Gasteiger partial charge is 0.338 e. The van der Waals surface area contributed by atoms with Gasteiger partial charge in [-0.2, -0.15) is 0 Å². The maximum absolute atomic E-state index is 13.0. The number of carbonyl (C=O) groups is 1. The molecular formula is C20H25Cl2N2OS+. The highest BCUT2D eigenvalue weighted by molar-refractivity contribution is 7.10. The van der Waals surface area contributed by atoms with Crippen molar-refractivity contribution in [3.05, 3.63) is 55.7 Å². The average Bonchev–Trinajstić information content (AvgIpc) is 3.06. The number of amides is 1. The molecule has 0 radical (unpaired) electrons. The number of fused-ring (bicyclic) bond motifs is 1. The van der Waals surface area contributed by atoms with Gasteiger partial charge in [-0.1, -0.05) is 43.1 Å². The molecule has 1 amide bonds. The molecule has 1 aliphatic rings. The van der Waals surface area contributed by atoms with Gasteiger partial charge >= 0.3 is 0 Å². The van der Waals surface area contributed by atoms with E-state index >= 15 is 0 Å². The van der Waals surface area contributed by atoms with Gasteiger partial charge in [-0.05, 0) is 53.5 Å². The first-order valence-electron chi connectivity index (χ1n) is 9.09. The van der Waals surface area contributed by atoms with Crippen molar-refractivity contribution in [2.75, 3.05) is 19.6 Å². The van der Waals surface area contributed by atoms with E-state index < -0.39 is 0 Å². The number of nitrogens with zero attached hydrogens (tertiary/aromatic N) is 1. The summed E-state index contributed by atoms with van der Waals surface area (Å²) in [5, 5.41) is 5.44. The molecule has 1 atom stereocenters. The molecule has 1 aromatic carbocycles. The van der Waals surface area contributed by atoms with Crippen LogP contribution in [-0.2, 0) is 11.2 Å².